The van der Waals surface area contributed by atoms with E-state index in [0.29, 0.717) is 11.8 Å². The second kappa shape index (κ2) is 7.65. The molecule has 0 spiro atoms. The number of fused-ring (bicyclic) bond motifs is 4. The average molecular weight is 400 g/mol. The second-order valence-electron chi connectivity index (χ2n) is 6.65. The van der Waals surface area contributed by atoms with Crippen LogP contribution < -0.4 is 28.1 Å². The Labute approximate surface area is 159 Å². The van der Waals surface area contributed by atoms with Crippen LogP contribution in [0.15, 0.2) is 23.5 Å². The molecular formula is C18H22ClNO7. The first-order valence-corrected chi connectivity index (χ1v) is 9.86. The van der Waals surface area contributed by atoms with Gasteiger partial charge in [-0.2, -0.15) is 0 Å². The number of aliphatic hydroxyl groups excluding tert-OH is 1. The molecule has 2 aliphatic heterocycles. The monoisotopic (exact) mass is 399 g/mol. The van der Waals surface area contributed by atoms with Crippen LogP contribution in [-0.2, 0) is 6.42 Å². The Hall–Kier alpha value is -1.84. The van der Waals surface area contributed by atoms with Crippen molar-refractivity contribution in [3.8, 4) is 11.5 Å². The number of nitrogens with zero attached hydrogens (tertiary/aromatic N) is 1. The van der Waals surface area contributed by atoms with Crippen molar-refractivity contribution in [2.45, 2.75) is 38.1 Å². The quantitative estimate of drug-likeness (QED) is 0.592. The van der Waals surface area contributed by atoms with Gasteiger partial charge in [-0.05, 0) is 24.1 Å². The summed E-state index contributed by atoms with van der Waals surface area (Å²) < 4.78 is 47.4. The van der Waals surface area contributed by atoms with Gasteiger partial charge in [0, 0.05) is 31.2 Å². The van der Waals surface area contributed by atoms with Crippen LogP contribution in [0.2, 0.25) is 0 Å². The first-order valence-electron chi connectivity index (χ1n) is 8.63. The van der Waals surface area contributed by atoms with E-state index >= 15 is 0 Å². The van der Waals surface area contributed by atoms with Crippen molar-refractivity contribution >= 4 is 5.71 Å². The standard InChI is InChI=1S/C18H21NO3.ClHO4/c1-21-17-9-11-7-8-19-14-5-6-16(20)12(14)3-4-15(19)13(11)10-18(17)22-2;2-1(3,4)5/h9-10,15H,3-8H2,1-2H3;(H,2,3,4,5). The number of ether oxygens (including phenoxy) is 2. The fourth-order valence-electron chi connectivity index (χ4n) is 4.25. The highest BCUT2D eigenvalue weighted by molar-refractivity contribution is 5.99. The van der Waals surface area contributed by atoms with Crippen LogP contribution in [0, 0.1) is 10.2 Å². The van der Waals surface area contributed by atoms with Gasteiger partial charge in [0.25, 0.3) is 0 Å². The van der Waals surface area contributed by atoms with Crippen LogP contribution in [0.4, 0.5) is 0 Å². The normalized spacial score (nSPS) is 21.0. The SMILES string of the molecule is COc1cc2c(cc1OC)C1CCC3=C(O)CCC3=[N+]1CC2.[O-][Cl+3]([O-])([O-])[O-]. The van der Waals surface area contributed by atoms with Crippen LogP contribution in [0.1, 0.15) is 42.9 Å². The Kier molecular flexibility index (Phi) is 5.64. The van der Waals surface area contributed by atoms with Gasteiger partial charge in [0.05, 0.1) is 19.8 Å². The van der Waals surface area contributed by atoms with Crippen LogP contribution in [0.3, 0.4) is 0 Å². The molecule has 4 rings (SSSR count). The molecule has 0 saturated heterocycles. The molecule has 1 N–H and O–H groups in total. The molecule has 0 saturated carbocycles. The lowest BCUT2D eigenvalue weighted by Gasteiger charge is -2.30. The summed E-state index contributed by atoms with van der Waals surface area (Å²) in [4.78, 5) is 0. The predicted octanol–water partition coefficient (Wildman–Crippen LogP) is -1.60. The van der Waals surface area contributed by atoms with Crippen molar-refractivity contribution in [2.24, 2.45) is 0 Å². The zero-order chi connectivity index (χ0) is 19.8. The minimum atomic E-state index is -4.94. The van der Waals surface area contributed by atoms with Gasteiger partial charge in [-0.1, -0.05) is 0 Å². The van der Waals surface area contributed by atoms with E-state index in [0.717, 1.165) is 50.1 Å². The van der Waals surface area contributed by atoms with Gasteiger partial charge in [-0.25, -0.2) is 23.2 Å². The zero-order valence-corrected chi connectivity index (χ0v) is 16.0. The van der Waals surface area contributed by atoms with Crippen molar-refractivity contribution in [3.05, 3.63) is 34.6 Å². The Morgan fingerprint density at radius 2 is 1.63 bits per heavy atom. The van der Waals surface area contributed by atoms with E-state index in [1.165, 1.54) is 22.4 Å². The minimum Gasteiger partial charge on any atom is -0.512 e. The summed E-state index contributed by atoms with van der Waals surface area (Å²) in [5, 5.41) is 10.1. The molecule has 0 aromatic heterocycles. The highest BCUT2D eigenvalue weighted by Crippen LogP contribution is 2.43. The fraction of sp³-hybridized carbons (Fsp3) is 0.500. The number of allylic oxidation sites excluding steroid dienone is 2. The maximum atomic E-state index is 10.1. The molecule has 0 radical (unpaired) electrons. The Morgan fingerprint density at radius 1 is 1.00 bits per heavy atom. The van der Waals surface area contributed by atoms with E-state index in [9.17, 15) is 5.11 Å². The molecule has 148 valence electrons. The molecule has 3 aliphatic rings. The molecule has 1 aliphatic carbocycles. The number of rotatable bonds is 2. The van der Waals surface area contributed by atoms with Crippen LogP contribution >= 0.6 is 0 Å². The molecule has 1 atom stereocenters. The van der Waals surface area contributed by atoms with E-state index in [1.807, 2.05) is 0 Å². The lowest BCUT2D eigenvalue weighted by atomic mass is 9.85. The van der Waals surface area contributed by atoms with Gasteiger partial charge in [-0.3, -0.25) is 0 Å². The molecule has 1 aromatic rings. The van der Waals surface area contributed by atoms with Gasteiger partial charge in [0.1, 0.15) is 12.3 Å². The maximum Gasteiger partial charge on any atom is 0.183 e. The molecule has 27 heavy (non-hydrogen) atoms. The van der Waals surface area contributed by atoms with Gasteiger partial charge >= 0.3 is 0 Å². The molecule has 8 nitrogen and oxygen atoms in total. The molecule has 0 bridgehead atoms. The molecule has 1 aromatic carbocycles. The first kappa shape index (κ1) is 19.9. The average Bonchev–Trinajstić information content (AvgIpc) is 3.00. The van der Waals surface area contributed by atoms with Crippen molar-refractivity contribution in [2.75, 3.05) is 20.8 Å². The van der Waals surface area contributed by atoms with Crippen LogP contribution in [-0.4, -0.2) is 36.2 Å². The molecule has 1 unspecified atom stereocenters. The molecule has 0 amide bonds. The van der Waals surface area contributed by atoms with Gasteiger partial charge < -0.3 is 14.6 Å². The van der Waals surface area contributed by atoms with Gasteiger partial charge in [0.15, 0.2) is 23.3 Å². The number of aliphatic hydroxyl groups is 1. The summed E-state index contributed by atoms with van der Waals surface area (Å²) in [5.41, 5.74) is 5.31. The minimum absolute atomic E-state index is 0.410. The summed E-state index contributed by atoms with van der Waals surface area (Å²) >= 11 is 0. The Morgan fingerprint density at radius 3 is 2.26 bits per heavy atom. The fourth-order valence-corrected chi connectivity index (χ4v) is 4.25. The number of hydrogen-bond donors (Lipinski definition) is 1. The van der Waals surface area contributed by atoms with E-state index in [4.69, 9.17) is 28.1 Å². The van der Waals surface area contributed by atoms with Crippen molar-refractivity contribution in [1.82, 2.24) is 0 Å². The Balaban J connectivity index is 0.000000376. The largest absolute Gasteiger partial charge is 0.512 e. The molecule has 2 heterocycles. The highest BCUT2D eigenvalue weighted by atomic mass is 35.7. The topological polar surface area (TPSA) is 134 Å². The smallest absolute Gasteiger partial charge is 0.183 e. The number of hydrogen-bond acceptors (Lipinski definition) is 7. The Bertz CT molecular complexity index is 792. The van der Waals surface area contributed by atoms with Crippen LogP contribution in [0.25, 0.3) is 0 Å². The summed E-state index contributed by atoms with van der Waals surface area (Å²) in [6, 6.07) is 4.69. The predicted molar refractivity (Wildman–Crippen MR) is 84.2 cm³/mol. The third kappa shape index (κ3) is 4.20. The molecular weight excluding hydrogens is 378 g/mol. The third-order valence-electron chi connectivity index (χ3n) is 5.31. The molecule has 9 heteroatoms. The number of halogens is 1. The van der Waals surface area contributed by atoms with Gasteiger partial charge in [-0.15, -0.1) is 10.2 Å². The van der Waals surface area contributed by atoms with E-state index in [1.54, 1.807) is 14.2 Å². The van der Waals surface area contributed by atoms with Gasteiger partial charge in [0.2, 0.25) is 0 Å². The maximum absolute atomic E-state index is 10.1. The van der Waals surface area contributed by atoms with E-state index < -0.39 is 10.2 Å². The summed E-state index contributed by atoms with van der Waals surface area (Å²) in [6.07, 6.45) is 4.86. The van der Waals surface area contributed by atoms with Crippen molar-refractivity contribution in [1.29, 1.82) is 0 Å². The van der Waals surface area contributed by atoms with Crippen molar-refractivity contribution < 1.29 is 48.0 Å². The molecule has 0 fully saturated rings. The zero-order valence-electron chi connectivity index (χ0n) is 15.2. The lowest BCUT2D eigenvalue weighted by Crippen LogP contribution is -2.68. The third-order valence-corrected chi connectivity index (χ3v) is 5.31. The van der Waals surface area contributed by atoms with E-state index in [2.05, 4.69) is 16.7 Å². The van der Waals surface area contributed by atoms with Crippen LogP contribution in [0.5, 0.6) is 11.5 Å². The van der Waals surface area contributed by atoms with E-state index in [-0.39, 0.29) is 0 Å². The second-order valence-corrected chi connectivity index (χ2v) is 7.41. The highest BCUT2D eigenvalue weighted by Gasteiger charge is 2.41. The summed E-state index contributed by atoms with van der Waals surface area (Å²) in [5.74, 6) is 2.24. The van der Waals surface area contributed by atoms with Crippen molar-refractivity contribution in [3.63, 3.8) is 0 Å². The lowest BCUT2D eigenvalue weighted by molar-refractivity contribution is -2.00. The number of benzene rings is 1. The first-order chi connectivity index (χ1) is 12.7. The summed E-state index contributed by atoms with van der Waals surface area (Å²) in [7, 11) is -1.56. The summed E-state index contributed by atoms with van der Waals surface area (Å²) in [6.45, 7) is 1.03. The number of methoxy groups -OCH3 is 2.